The number of fused-ring (bicyclic) bond motifs is 1. The Balaban J connectivity index is 2.10. The van der Waals surface area contributed by atoms with Crippen molar-refractivity contribution in [2.24, 2.45) is 5.41 Å². The summed E-state index contributed by atoms with van der Waals surface area (Å²) in [6.07, 6.45) is 0.454. The molecule has 132 valence electrons. The maximum Gasteiger partial charge on any atom is 0.339 e. The molecule has 2 aromatic rings. The molecule has 3 N–H and O–H groups in total. The van der Waals surface area contributed by atoms with E-state index in [2.05, 4.69) is 10.6 Å². The molecule has 0 unspecified atom stereocenters. The molecule has 1 aliphatic heterocycles. The van der Waals surface area contributed by atoms with Crippen LogP contribution in [-0.4, -0.2) is 23.5 Å². The topological polar surface area (TPSA) is 78.4 Å². The fraction of sp³-hybridized carbons (Fsp3) is 0.294. The maximum atomic E-state index is 14.1. The average Bonchev–Trinajstić information content (AvgIpc) is 2.80. The number of benzene rings is 1. The van der Waals surface area contributed by atoms with Gasteiger partial charge in [-0.25, -0.2) is 9.18 Å². The summed E-state index contributed by atoms with van der Waals surface area (Å²) in [6, 6.07) is 4.64. The van der Waals surface area contributed by atoms with Crippen LogP contribution >= 0.6 is 33.9 Å². The quantitative estimate of drug-likeness (QED) is 0.582. The highest BCUT2D eigenvalue weighted by Crippen LogP contribution is 2.40. The van der Waals surface area contributed by atoms with Crippen molar-refractivity contribution in [1.29, 1.82) is 0 Å². The zero-order valence-corrected chi connectivity index (χ0v) is 16.5. The van der Waals surface area contributed by atoms with Crippen LogP contribution in [0, 0.1) is 14.8 Å². The Kier molecular flexibility index (Phi) is 4.76. The number of nitrogens with one attached hydrogen (secondary N) is 2. The molecule has 0 saturated heterocycles. The van der Waals surface area contributed by atoms with Crippen molar-refractivity contribution in [3.05, 3.63) is 43.6 Å². The number of aromatic carboxylic acids is 1. The summed E-state index contributed by atoms with van der Waals surface area (Å²) >= 11 is 3.05. The molecule has 0 bridgehead atoms. The third kappa shape index (κ3) is 3.64. The second-order valence-corrected chi connectivity index (χ2v) is 8.96. The highest BCUT2D eigenvalue weighted by Gasteiger charge is 2.34. The summed E-state index contributed by atoms with van der Waals surface area (Å²) in [4.78, 5) is 24.6. The van der Waals surface area contributed by atoms with E-state index in [1.807, 2.05) is 36.4 Å². The molecule has 8 heteroatoms. The Morgan fingerprint density at radius 2 is 2.16 bits per heavy atom. The minimum Gasteiger partial charge on any atom is -0.478 e. The highest BCUT2D eigenvalue weighted by molar-refractivity contribution is 14.1. The van der Waals surface area contributed by atoms with Gasteiger partial charge in [-0.2, -0.15) is 0 Å². The van der Waals surface area contributed by atoms with E-state index >= 15 is 0 Å². The lowest BCUT2D eigenvalue weighted by atomic mass is 9.85. The van der Waals surface area contributed by atoms with Gasteiger partial charge in [0, 0.05) is 10.1 Å². The van der Waals surface area contributed by atoms with Crippen molar-refractivity contribution < 1.29 is 19.1 Å². The van der Waals surface area contributed by atoms with Gasteiger partial charge in [-0.05, 0) is 58.2 Å². The standard InChI is InChI=1S/C17H16FIN2O3S/c1-17(2)6-9-12(16(23)24)15(25-13(9)14(22)20-7-17)21-11-4-3-8(19)5-10(11)18/h3-5,21H,6-7H2,1-2H3,(H,20,22)(H,23,24). The van der Waals surface area contributed by atoms with Crippen LogP contribution in [0.3, 0.4) is 0 Å². The van der Waals surface area contributed by atoms with E-state index in [4.69, 9.17) is 0 Å². The molecule has 25 heavy (non-hydrogen) atoms. The zero-order valence-electron chi connectivity index (χ0n) is 13.6. The van der Waals surface area contributed by atoms with Crippen LogP contribution in [0.2, 0.25) is 0 Å². The normalized spacial score (nSPS) is 15.9. The Morgan fingerprint density at radius 1 is 1.44 bits per heavy atom. The third-order valence-electron chi connectivity index (χ3n) is 3.99. The van der Waals surface area contributed by atoms with E-state index in [0.717, 1.165) is 14.9 Å². The van der Waals surface area contributed by atoms with Gasteiger partial charge in [-0.15, -0.1) is 11.3 Å². The van der Waals surface area contributed by atoms with Gasteiger partial charge in [-0.1, -0.05) is 13.8 Å². The maximum absolute atomic E-state index is 14.1. The molecule has 1 amide bonds. The molecule has 0 spiro atoms. The van der Waals surface area contributed by atoms with Crippen LogP contribution < -0.4 is 10.6 Å². The largest absolute Gasteiger partial charge is 0.478 e. The number of hydrogen-bond donors (Lipinski definition) is 3. The summed E-state index contributed by atoms with van der Waals surface area (Å²) in [5, 5.41) is 15.6. The molecular weight excluding hydrogens is 458 g/mol. The second-order valence-electron chi connectivity index (χ2n) is 6.69. The fourth-order valence-corrected chi connectivity index (χ4v) is 4.38. The molecule has 2 heterocycles. The first-order valence-electron chi connectivity index (χ1n) is 7.57. The van der Waals surface area contributed by atoms with Crippen LogP contribution in [0.5, 0.6) is 0 Å². The Morgan fingerprint density at radius 3 is 2.80 bits per heavy atom. The Bertz CT molecular complexity index is 879. The Hall–Kier alpha value is -1.68. The minimum atomic E-state index is -1.13. The predicted molar refractivity (Wildman–Crippen MR) is 103 cm³/mol. The van der Waals surface area contributed by atoms with Gasteiger partial charge in [0.1, 0.15) is 10.8 Å². The third-order valence-corrected chi connectivity index (χ3v) is 5.81. The molecule has 0 saturated carbocycles. The highest BCUT2D eigenvalue weighted by atomic mass is 127. The van der Waals surface area contributed by atoms with E-state index in [0.29, 0.717) is 23.4 Å². The molecule has 1 aromatic heterocycles. The summed E-state index contributed by atoms with van der Waals surface area (Å²) < 4.78 is 14.9. The van der Waals surface area contributed by atoms with Crippen molar-refractivity contribution >= 4 is 56.5 Å². The van der Waals surface area contributed by atoms with Crippen LogP contribution in [-0.2, 0) is 6.42 Å². The van der Waals surface area contributed by atoms with Gasteiger partial charge < -0.3 is 15.7 Å². The molecule has 1 aromatic carbocycles. The van der Waals surface area contributed by atoms with Crippen molar-refractivity contribution in [3.8, 4) is 0 Å². The summed E-state index contributed by atoms with van der Waals surface area (Å²) in [6.45, 7) is 4.41. The van der Waals surface area contributed by atoms with Gasteiger partial charge in [0.05, 0.1) is 16.1 Å². The first-order chi connectivity index (χ1) is 11.7. The van der Waals surface area contributed by atoms with Crippen LogP contribution in [0.1, 0.15) is 39.4 Å². The summed E-state index contributed by atoms with van der Waals surface area (Å²) in [5.74, 6) is -1.89. The van der Waals surface area contributed by atoms with Gasteiger partial charge >= 0.3 is 5.97 Å². The average molecular weight is 474 g/mol. The molecule has 5 nitrogen and oxygen atoms in total. The lowest BCUT2D eigenvalue weighted by Crippen LogP contribution is -2.31. The first-order valence-corrected chi connectivity index (χ1v) is 9.47. The predicted octanol–water partition coefficient (Wildman–Crippen LogP) is 4.25. The van der Waals surface area contributed by atoms with E-state index in [9.17, 15) is 19.1 Å². The zero-order chi connectivity index (χ0) is 18.4. The van der Waals surface area contributed by atoms with Crippen LogP contribution in [0.4, 0.5) is 15.1 Å². The van der Waals surface area contributed by atoms with E-state index in [1.165, 1.54) is 6.07 Å². The van der Waals surface area contributed by atoms with E-state index in [-0.39, 0.29) is 27.6 Å². The SMILES string of the molecule is CC1(C)CNC(=O)c2sc(Nc3ccc(I)cc3F)c(C(=O)O)c2C1. The van der Waals surface area contributed by atoms with E-state index < -0.39 is 11.8 Å². The van der Waals surface area contributed by atoms with Crippen molar-refractivity contribution in [2.45, 2.75) is 20.3 Å². The number of thiophene rings is 1. The molecule has 0 radical (unpaired) electrons. The summed E-state index contributed by atoms with van der Waals surface area (Å²) in [5.41, 5.74) is 0.463. The van der Waals surface area contributed by atoms with Crippen molar-refractivity contribution in [2.75, 3.05) is 11.9 Å². The van der Waals surface area contributed by atoms with Crippen molar-refractivity contribution in [1.82, 2.24) is 5.32 Å². The lowest BCUT2D eigenvalue weighted by Gasteiger charge is -2.22. The Labute approximate surface area is 161 Å². The summed E-state index contributed by atoms with van der Waals surface area (Å²) in [7, 11) is 0. The number of carboxylic acid groups (broad SMARTS) is 1. The molecular formula is C17H16FIN2O3S. The monoisotopic (exact) mass is 474 g/mol. The second kappa shape index (κ2) is 6.56. The minimum absolute atomic E-state index is 0.0445. The number of hydrogen-bond acceptors (Lipinski definition) is 4. The van der Waals surface area contributed by atoms with E-state index in [1.54, 1.807) is 12.1 Å². The number of anilines is 2. The fourth-order valence-electron chi connectivity index (χ4n) is 2.79. The number of carboxylic acids is 1. The smallest absolute Gasteiger partial charge is 0.339 e. The number of amides is 1. The molecule has 0 fully saturated rings. The lowest BCUT2D eigenvalue weighted by molar-refractivity contribution is 0.0696. The molecule has 0 aliphatic carbocycles. The number of halogens is 2. The molecule has 1 aliphatic rings. The number of carbonyl (C=O) groups is 2. The van der Waals surface area contributed by atoms with Crippen LogP contribution in [0.15, 0.2) is 18.2 Å². The number of carbonyl (C=O) groups excluding carboxylic acids is 1. The first kappa shape index (κ1) is 18.1. The number of rotatable bonds is 3. The molecule has 3 rings (SSSR count). The van der Waals surface area contributed by atoms with Crippen LogP contribution in [0.25, 0.3) is 0 Å². The van der Waals surface area contributed by atoms with Gasteiger partial charge in [0.15, 0.2) is 0 Å². The van der Waals surface area contributed by atoms with Gasteiger partial charge in [0.25, 0.3) is 5.91 Å². The van der Waals surface area contributed by atoms with Gasteiger partial charge in [-0.3, -0.25) is 4.79 Å². The van der Waals surface area contributed by atoms with Crippen molar-refractivity contribution in [3.63, 3.8) is 0 Å². The molecule has 0 atom stereocenters. The van der Waals surface area contributed by atoms with Gasteiger partial charge in [0.2, 0.25) is 0 Å².